The first-order valence-electron chi connectivity index (χ1n) is 7.19. The number of halogens is 1. The maximum atomic E-state index is 13.8. The summed E-state index contributed by atoms with van der Waals surface area (Å²) in [4.78, 5) is 12.8. The molecular weight excluding hydrogens is 299 g/mol. The summed E-state index contributed by atoms with van der Waals surface area (Å²) >= 11 is 1.51. The van der Waals surface area contributed by atoms with Crippen LogP contribution in [0.5, 0.6) is 0 Å². The van der Waals surface area contributed by atoms with E-state index in [0.29, 0.717) is 4.90 Å². The fourth-order valence-corrected chi connectivity index (χ4v) is 3.73. The molecule has 0 radical (unpaired) electrons. The third kappa shape index (κ3) is 3.25. The highest BCUT2D eigenvalue weighted by Crippen LogP contribution is 2.37. The van der Waals surface area contributed by atoms with Gasteiger partial charge in [-0.1, -0.05) is 24.3 Å². The van der Waals surface area contributed by atoms with Crippen LogP contribution in [0.15, 0.2) is 47.4 Å². The second kappa shape index (κ2) is 6.40. The zero-order chi connectivity index (χ0) is 15.5. The number of rotatable bonds is 2. The van der Waals surface area contributed by atoms with E-state index in [1.54, 1.807) is 6.07 Å². The van der Waals surface area contributed by atoms with Crippen molar-refractivity contribution in [3.05, 3.63) is 59.4 Å². The van der Waals surface area contributed by atoms with Crippen LogP contribution in [0.25, 0.3) is 0 Å². The predicted molar refractivity (Wildman–Crippen MR) is 87.8 cm³/mol. The van der Waals surface area contributed by atoms with E-state index in [-0.39, 0.29) is 17.9 Å². The van der Waals surface area contributed by atoms with E-state index in [0.717, 1.165) is 29.0 Å². The highest BCUT2D eigenvalue weighted by molar-refractivity contribution is 7.99. The van der Waals surface area contributed by atoms with E-state index in [2.05, 4.69) is 10.6 Å². The number of carbonyl (C=O) groups is 1. The van der Waals surface area contributed by atoms with Crippen LogP contribution in [0.3, 0.4) is 0 Å². The molecule has 1 aliphatic rings. The molecule has 0 aromatic heterocycles. The van der Waals surface area contributed by atoms with Crippen molar-refractivity contribution in [2.45, 2.75) is 24.3 Å². The number of nitrogens with one attached hydrogen (secondary N) is 2. The van der Waals surface area contributed by atoms with Gasteiger partial charge in [-0.25, -0.2) is 9.18 Å². The number of hydrogen-bond acceptors (Lipinski definition) is 2. The zero-order valence-electron chi connectivity index (χ0n) is 12.2. The van der Waals surface area contributed by atoms with Gasteiger partial charge in [0.15, 0.2) is 0 Å². The van der Waals surface area contributed by atoms with Gasteiger partial charge in [0, 0.05) is 16.3 Å². The Kier molecular flexibility index (Phi) is 4.34. The van der Waals surface area contributed by atoms with Crippen LogP contribution in [-0.2, 0) is 0 Å². The summed E-state index contributed by atoms with van der Waals surface area (Å²) in [5.41, 5.74) is 2.69. The fourth-order valence-electron chi connectivity index (χ4n) is 2.58. The number of urea groups is 1. The van der Waals surface area contributed by atoms with E-state index in [9.17, 15) is 9.18 Å². The van der Waals surface area contributed by atoms with E-state index >= 15 is 0 Å². The topological polar surface area (TPSA) is 41.1 Å². The molecule has 22 heavy (non-hydrogen) atoms. The Morgan fingerprint density at radius 3 is 2.91 bits per heavy atom. The molecule has 3 rings (SSSR count). The second-order valence-electron chi connectivity index (χ2n) is 5.32. The molecule has 2 aromatic carbocycles. The maximum Gasteiger partial charge on any atom is 0.319 e. The molecule has 1 atom stereocenters. The van der Waals surface area contributed by atoms with Gasteiger partial charge >= 0.3 is 6.03 Å². The molecule has 0 spiro atoms. The molecule has 0 unspecified atom stereocenters. The van der Waals surface area contributed by atoms with Crippen LogP contribution in [-0.4, -0.2) is 11.8 Å². The van der Waals surface area contributed by atoms with Crippen molar-refractivity contribution in [2.24, 2.45) is 0 Å². The Morgan fingerprint density at radius 2 is 2.09 bits per heavy atom. The SMILES string of the molecule is Cc1cccc(NC(=O)N[C@H]2CCSc3c(F)cccc32)c1. The highest BCUT2D eigenvalue weighted by atomic mass is 32.2. The number of carbonyl (C=O) groups excluding carboxylic acids is 1. The summed E-state index contributed by atoms with van der Waals surface area (Å²) in [6, 6.07) is 12.2. The van der Waals surface area contributed by atoms with Crippen molar-refractivity contribution < 1.29 is 9.18 Å². The standard InChI is InChI=1S/C17H17FN2OS/c1-11-4-2-5-12(10-11)19-17(21)20-15-8-9-22-16-13(15)6-3-7-14(16)18/h2-7,10,15H,8-9H2,1H3,(H2,19,20,21)/t15-/m0/s1. The van der Waals surface area contributed by atoms with Crippen molar-refractivity contribution in [3.63, 3.8) is 0 Å². The number of thioether (sulfide) groups is 1. The summed E-state index contributed by atoms with van der Waals surface area (Å²) in [7, 11) is 0. The predicted octanol–water partition coefficient (Wildman–Crippen LogP) is 4.49. The van der Waals surface area contributed by atoms with Gasteiger partial charge in [0.25, 0.3) is 0 Å². The largest absolute Gasteiger partial charge is 0.331 e. The Hall–Kier alpha value is -2.01. The van der Waals surface area contributed by atoms with Crippen LogP contribution in [0.2, 0.25) is 0 Å². The van der Waals surface area contributed by atoms with Gasteiger partial charge < -0.3 is 10.6 Å². The summed E-state index contributed by atoms with van der Waals surface area (Å²) in [5, 5.41) is 5.77. The van der Waals surface area contributed by atoms with Gasteiger partial charge in [-0.05, 0) is 42.7 Å². The molecule has 0 aliphatic carbocycles. The number of benzene rings is 2. The molecule has 3 nitrogen and oxygen atoms in total. The maximum absolute atomic E-state index is 13.8. The summed E-state index contributed by atoms with van der Waals surface area (Å²) in [5.74, 6) is 0.580. The van der Waals surface area contributed by atoms with Crippen LogP contribution in [0, 0.1) is 12.7 Å². The van der Waals surface area contributed by atoms with Gasteiger partial charge in [0.2, 0.25) is 0 Å². The fraction of sp³-hybridized carbons (Fsp3) is 0.235. The lowest BCUT2D eigenvalue weighted by Gasteiger charge is -2.26. The molecule has 5 heteroatoms. The third-order valence-corrected chi connectivity index (χ3v) is 4.77. The van der Waals surface area contributed by atoms with Gasteiger partial charge in [-0.3, -0.25) is 0 Å². The number of fused-ring (bicyclic) bond motifs is 1. The molecule has 0 bridgehead atoms. The van der Waals surface area contributed by atoms with Crippen LogP contribution in [0.1, 0.15) is 23.6 Å². The third-order valence-electron chi connectivity index (χ3n) is 3.61. The lowest BCUT2D eigenvalue weighted by Crippen LogP contribution is -2.34. The molecule has 0 saturated carbocycles. The minimum absolute atomic E-state index is 0.156. The van der Waals surface area contributed by atoms with Crippen molar-refractivity contribution in [1.82, 2.24) is 5.32 Å². The smallest absolute Gasteiger partial charge is 0.319 e. The van der Waals surface area contributed by atoms with Gasteiger partial charge in [-0.15, -0.1) is 11.8 Å². The van der Waals surface area contributed by atoms with Crippen molar-refractivity contribution in [3.8, 4) is 0 Å². The summed E-state index contributed by atoms with van der Waals surface area (Å²) in [6.45, 7) is 1.97. The molecular formula is C17H17FN2OS. The van der Waals surface area contributed by atoms with Crippen molar-refractivity contribution in [2.75, 3.05) is 11.1 Å². The van der Waals surface area contributed by atoms with E-state index in [1.165, 1.54) is 17.8 Å². The second-order valence-corrected chi connectivity index (χ2v) is 6.42. The summed E-state index contributed by atoms with van der Waals surface area (Å²) < 4.78 is 13.8. The molecule has 1 heterocycles. The first-order chi connectivity index (χ1) is 10.6. The van der Waals surface area contributed by atoms with Gasteiger partial charge in [0.05, 0.1) is 6.04 Å². The average Bonchev–Trinajstić information content (AvgIpc) is 2.48. The molecule has 1 aliphatic heterocycles. The first kappa shape index (κ1) is 14.9. The van der Waals surface area contributed by atoms with E-state index < -0.39 is 0 Å². The lowest BCUT2D eigenvalue weighted by molar-refractivity contribution is 0.248. The molecule has 0 saturated heterocycles. The average molecular weight is 316 g/mol. The molecule has 114 valence electrons. The minimum Gasteiger partial charge on any atom is -0.331 e. The molecule has 2 aromatic rings. The molecule has 2 amide bonds. The number of anilines is 1. The number of aryl methyl sites for hydroxylation is 1. The Bertz CT molecular complexity index is 705. The first-order valence-corrected chi connectivity index (χ1v) is 8.17. The summed E-state index contributed by atoms with van der Waals surface area (Å²) in [6.07, 6.45) is 0.794. The Balaban J connectivity index is 1.72. The van der Waals surface area contributed by atoms with E-state index in [4.69, 9.17) is 0 Å². The van der Waals surface area contributed by atoms with Crippen molar-refractivity contribution in [1.29, 1.82) is 0 Å². The quantitative estimate of drug-likeness (QED) is 0.857. The minimum atomic E-state index is -0.266. The van der Waals surface area contributed by atoms with Crippen LogP contribution >= 0.6 is 11.8 Å². The number of hydrogen-bond donors (Lipinski definition) is 2. The normalized spacial score (nSPS) is 16.7. The molecule has 2 N–H and O–H groups in total. The van der Waals surface area contributed by atoms with Crippen LogP contribution < -0.4 is 10.6 Å². The Morgan fingerprint density at radius 1 is 1.27 bits per heavy atom. The van der Waals surface area contributed by atoms with Crippen molar-refractivity contribution >= 4 is 23.5 Å². The van der Waals surface area contributed by atoms with Crippen LogP contribution in [0.4, 0.5) is 14.9 Å². The Labute approximate surface area is 133 Å². The zero-order valence-corrected chi connectivity index (χ0v) is 13.0. The monoisotopic (exact) mass is 316 g/mol. The number of amides is 2. The lowest BCUT2D eigenvalue weighted by atomic mass is 10.0. The molecule has 0 fully saturated rings. The van der Waals surface area contributed by atoms with Gasteiger partial charge in [-0.2, -0.15) is 0 Å². The van der Waals surface area contributed by atoms with Gasteiger partial charge in [0.1, 0.15) is 5.82 Å². The highest BCUT2D eigenvalue weighted by Gasteiger charge is 2.24. The van der Waals surface area contributed by atoms with E-state index in [1.807, 2.05) is 37.3 Å².